The van der Waals surface area contributed by atoms with Gasteiger partial charge in [-0.15, -0.1) is 0 Å². The fourth-order valence-corrected chi connectivity index (χ4v) is 0.769. The Balaban J connectivity index is 3.24. The third-order valence-electron chi connectivity index (χ3n) is 1.31. The van der Waals surface area contributed by atoms with Crippen molar-refractivity contribution in [3.8, 4) is 0 Å². The number of hydrogen-bond donors (Lipinski definition) is 2. The van der Waals surface area contributed by atoms with E-state index < -0.39 is 10.5 Å². The maximum atomic E-state index is 10.8. The minimum absolute atomic E-state index is 0.219. The summed E-state index contributed by atoms with van der Waals surface area (Å²) in [5.74, 6) is 0.328. The van der Waals surface area contributed by atoms with Gasteiger partial charge < -0.3 is 10.3 Å². The van der Waals surface area contributed by atoms with Crippen LogP contribution in [0.25, 0.3) is 0 Å². The van der Waals surface area contributed by atoms with Gasteiger partial charge in [-0.1, -0.05) is 0 Å². The van der Waals surface area contributed by atoms with Gasteiger partial charge in [0.1, 0.15) is 5.82 Å². The molecule has 6 nitrogen and oxygen atoms in total. The van der Waals surface area contributed by atoms with Gasteiger partial charge in [-0.3, -0.25) is 14.9 Å². The first-order chi connectivity index (χ1) is 5.63. The average molecular weight is 169 g/mol. The SMILES string of the molecule is CNc1cc([N+](=O)[O-])cc(=O)[nH]1. The Kier molecular flexibility index (Phi) is 2.09. The smallest absolute Gasteiger partial charge is 0.278 e. The van der Waals surface area contributed by atoms with Crippen LogP contribution in [0.1, 0.15) is 0 Å². The van der Waals surface area contributed by atoms with Crippen LogP contribution in [-0.2, 0) is 0 Å². The van der Waals surface area contributed by atoms with Crippen molar-refractivity contribution in [2.75, 3.05) is 12.4 Å². The zero-order chi connectivity index (χ0) is 9.14. The highest BCUT2D eigenvalue weighted by Gasteiger charge is 2.06. The summed E-state index contributed by atoms with van der Waals surface area (Å²) in [5.41, 5.74) is -0.711. The standard InChI is InChI=1S/C6H7N3O3/c1-7-5-2-4(9(11)12)3-6(10)8-5/h2-3H,1H3,(H2,7,8,10). The molecule has 0 aliphatic rings. The normalized spacial score (nSPS) is 9.42. The second kappa shape index (κ2) is 3.04. The summed E-state index contributed by atoms with van der Waals surface area (Å²) in [7, 11) is 1.56. The van der Waals surface area contributed by atoms with Crippen molar-refractivity contribution in [2.45, 2.75) is 0 Å². The predicted octanol–water partition coefficient (Wildman–Crippen LogP) is 0.325. The number of nitrogens with one attached hydrogen (secondary N) is 2. The highest BCUT2D eigenvalue weighted by Crippen LogP contribution is 2.10. The van der Waals surface area contributed by atoms with Crippen molar-refractivity contribution < 1.29 is 4.92 Å². The maximum absolute atomic E-state index is 10.8. The summed E-state index contributed by atoms with van der Waals surface area (Å²) >= 11 is 0. The monoisotopic (exact) mass is 169 g/mol. The first kappa shape index (κ1) is 8.25. The summed E-state index contributed by atoms with van der Waals surface area (Å²) in [6.07, 6.45) is 0. The molecule has 0 saturated heterocycles. The molecule has 0 atom stereocenters. The van der Waals surface area contributed by atoms with Crippen LogP contribution < -0.4 is 10.9 Å². The molecule has 0 aliphatic carbocycles. The van der Waals surface area contributed by atoms with E-state index in [-0.39, 0.29) is 5.69 Å². The minimum Gasteiger partial charge on any atom is -0.374 e. The number of pyridine rings is 1. The van der Waals surface area contributed by atoms with Crippen molar-refractivity contribution in [3.05, 3.63) is 32.6 Å². The molecule has 0 amide bonds. The van der Waals surface area contributed by atoms with E-state index in [1.165, 1.54) is 6.07 Å². The van der Waals surface area contributed by atoms with Gasteiger partial charge in [-0.2, -0.15) is 0 Å². The Bertz CT molecular complexity index is 357. The number of hydrogen-bond acceptors (Lipinski definition) is 4. The van der Waals surface area contributed by atoms with Gasteiger partial charge in [0.25, 0.3) is 11.2 Å². The number of aromatic amines is 1. The molecule has 0 saturated carbocycles. The van der Waals surface area contributed by atoms with E-state index in [0.29, 0.717) is 5.82 Å². The number of rotatable bonds is 2. The van der Waals surface area contributed by atoms with Gasteiger partial charge in [0.05, 0.1) is 17.1 Å². The summed E-state index contributed by atoms with van der Waals surface area (Å²) in [4.78, 5) is 22.8. The topological polar surface area (TPSA) is 88.0 Å². The largest absolute Gasteiger partial charge is 0.374 e. The van der Waals surface area contributed by atoms with Crippen molar-refractivity contribution in [2.24, 2.45) is 0 Å². The molecule has 6 heteroatoms. The van der Waals surface area contributed by atoms with Crippen molar-refractivity contribution in [1.29, 1.82) is 0 Å². The van der Waals surface area contributed by atoms with E-state index in [4.69, 9.17) is 0 Å². The van der Waals surface area contributed by atoms with E-state index in [1.807, 2.05) is 0 Å². The molecule has 0 aliphatic heterocycles. The lowest BCUT2D eigenvalue weighted by atomic mass is 10.4. The molecule has 1 heterocycles. The van der Waals surface area contributed by atoms with E-state index in [1.54, 1.807) is 7.05 Å². The van der Waals surface area contributed by atoms with Gasteiger partial charge in [-0.25, -0.2) is 0 Å². The second-order valence-corrected chi connectivity index (χ2v) is 2.12. The fourth-order valence-electron chi connectivity index (χ4n) is 0.769. The highest BCUT2D eigenvalue weighted by atomic mass is 16.6. The minimum atomic E-state index is -0.615. The van der Waals surface area contributed by atoms with Crippen LogP contribution in [-0.4, -0.2) is 17.0 Å². The summed E-state index contributed by atoms with van der Waals surface area (Å²) in [6, 6.07) is 2.18. The molecule has 0 aromatic carbocycles. The van der Waals surface area contributed by atoms with Crippen LogP contribution in [0.15, 0.2) is 16.9 Å². The molecule has 2 N–H and O–H groups in total. The van der Waals surface area contributed by atoms with E-state index in [2.05, 4.69) is 10.3 Å². The van der Waals surface area contributed by atoms with E-state index in [9.17, 15) is 14.9 Å². The molecule has 64 valence electrons. The van der Waals surface area contributed by atoms with Gasteiger partial charge >= 0.3 is 0 Å². The van der Waals surface area contributed by atoms with Crippen molar-refractivity contribution >= 4 is 11.5 Å². The maximum Gasteiger partial charge on any atom is 0.278 e. The number of nitro groups is 1. The van der Waals surface area contributed by atoms with Crippen LogP contribution in [0.2, 0.25) is 0 Å². The van der Waals surface area contributed by atoms with E-state index >= 15 is 0 Å². The molecular formula is C6H7N3O3. The molecule has 12 heavy (non-hydrogen) atoms. The summed E-state index contributed by atoms with van der Waals surface area (Å²) in [5, 5.41) is 12.8. The Labute approximate surface area is 67.4 Å². The van der Waals surface area contributed by atoms with Crippen LogP contribution in [0.3, 0.4) is 0 Å². The lowest BCUT2D eigenvalue weighted by Crippen LogP contribution is -2.08. The lowest BCUT2D eigenvalue weighted by molar-refractivity contribution is -0.384. The van der Waals surface area contributed by atoms with Crippen molar-refractivity contribution in [1.82, 2.24) is 4.98 Å². The zero-order valence-corrected chi connectivity index (χ0v) is 6.33. The number of aromatic nitrogens is 1. The van der Waals surface area contributed by atoms with Crippen LogP contribution in [0, 0.1) is 10.1 Å². The molecule has 1 rings (SSSR count). The second-order valence-electron chi connectivity index (χ2n) is 2.12. The molecule has 0 bridgehead atoms. The summed E-state index contributed by atoms with van der Waals surface area (Å²) in [6.45, 7) is 0. The van der Waals surface area contributed by atoms with Crippen LogP contribution >= 0.6 is 0 Å². The Morgan fingerprint density at radius 2 is 2.25 bits per heavy atom. The van der Waals surface area contributed by atoms with Crippen molar-refractivity contribution in [3.63, 3.8) is 0 Å². The average Bonchev–Trinajstić information content (AvgIpc) is 2.03. The fraction of sp³-hybridized carbons (Fsp3) is 0.167. The molecule has 1 aromatic heterocycles. The molecule has 0 fully saturated rings. The summed E-state index contributed by atoms with van der Waals surface area (Å²) < 4.78 is 0. The van der Waals surface area contributed by atoms with Gasteiger partial charge in [-0.05, 0) is 0 Å². The van der Waals surface area contributed by atoms with E-state index in [0.717, 1.165) is 6.07 Å². The first-order valence-electron chi connectivity index (χ1n) is 3.20. The molecule has 0 radical (unpaired) electrons. The highest BCUT2D eigenvalue weighted by molar-refractivity contribution is 5.43. The quantitative estimate of drug-likeness (QED) is 0.493. The van der Waals surface area contributed by atoms with Gasteiger partial charge in [0.2, 0.25) is 0 Å². The first-order valence-corrected chi connectivity index (χ1v) is 3.20. The molecule has 0 unspecified atom stereocenters. The zero-order valence-electron chi connectivity index (χ0n) is 6.33. The Morgan fingerprint density at radius 3 is 2.75 bits per heavy atom. The number of anilines is 1. The molecule has 0 spiro atoms. The van der Waals surface area contributed by atoms with Gasteiger partial charge in [0.15, 0.2) is 0 Å². The molecule has 1 aromatic rings. The predicted molar refractivity (Wildman–Crippen MR) is 43.3 cm³/mol. The Morgan fingerprint density at radius 1 is 1.58 bits per heavy atom. The number of H-pyrrole nitrogens is 1. The lowest BCUT2D eigenvalue weighted by Gasteiger charge is -1.97. The third-order valence-corrected chi connectivity index (χ3v) is 1.31. The Hall–Kier alpha value is -1.85. The van der Waals surface area contributed by atoms with Crippen LogP contribution in [0.4, 0.5) is 11.5 Å². The van der Waals surface area contributed by atoms with Crippen LogP contribution in [0.5, 0.6) is 0 Å². The van der Waals surface area contributed by atoms with Gasteiger partial charge in [0, 0.05) is 7.05 Å². The molecular weight excluding hydrogens is 162 g/mol. The number of nitrogens with zero attached hydrogens (tertiary/aromatic N) is 1. The third kappa shape index (κ3) is 1.60.